The molecule has 0 aromatic heterocycles. The summed E-state index contributed by atoms with van der Waals surface area (Å²) in [5.74, 6) is -1.02. The van der Waals surface area contributed by atoms with E-state index in [1.54, 1.807) is 0 Å². The Labute approximate surface area is 422 Å². The topological polar surface area (TPSA) is 78.9 Å². The van der Waals surface area contributed by atoms with E-state index in [-0.39, 0.29) is 37.5 Å². The molecule has 0 rings (SSSR count). The molecule has 0 spiro atoms. The van der Waals surface area contributed by atoms with E-state index in [4.69, 9.17) is 14.2 Å². The Balaban J connectivity index is 4.57. The van der Waals surface area contributed by atoms with Crippen LogP contribution in [-0.4, -0.2) is 37.2 Å². The number of hydrogen-bond donors (Lipinski definition) is 0. The van der Waals surface area contributed by atoms with Gasteiger partial charge in [0.05, 0.1) is 0 Å². The van der Waals surface area contributed by atoms with Crippen molar-refractivity contribution in [2.24, 2.45) is 0 Å². The summed E-state index contributed by atoms with van der Waals surface area (Å²) >= 11 is 0. The van der Waals surface area contributed by atoms with Gasteiger partial charge < -0.3 is 14.2 Å². The van der Waals surface area contributed by atoms with Gasteiger partial charge in [0.15, 0.2) is 6.10 Å². The number of carbonyl (C=O) groups is 3. The average molecular weight is 949 g/mol. The highest BCUT2D eigenvalue weighted by atomic mass is 16.6. The van der Waals surface area contributed by atoms with Crippen LogP contribution in [0.5, 0.6) is 0 Å². The van der Waals surface area contributed by atoms with E-state index < -0.39 is 6.10 Å². The summed E-state index contributed by atoms with van der Waals surface area (Å²) in [7, 11) is 0. The Hall–Kier alpha value is -4.97. The summed E-state index contributed by atoms with van der Waals surface area (Å²) in [6.45, 7) is 6.18. The molecular weight excluding hydrogens is 853 g/mol. The van der Waals surface area contributed by atoms with Crippen molar-refractivity contribution in [2.45, 2.75) is 207 Å². The maximum Gasteiger partial charge on any atom is 0.306 e. The van der Waals surface area contributed by atoms with E-state index in [9.17, 15) is 14.4 Å². The van der Waals surface area contributed by atoms with Crippen molar-refractivity contribution in [1.82, 2.24) is 0 Å². The summed E-state index contributed by atoms with van der Waals surface area (Å²) < 4.78 is 16.8. The Morgan fingerprint density at radius 2 is 0.594 bits per heavy atom. The first-order valence-electron chi connectivity index (χ1n) is 27.0. The summed E-state index contributed by atoms with van der Waals surface area (Å²) in [4.78, 5) is 38.1. The first kappa shape index (κ1) is 64.0. The molecule has 0 bridgehead atoms. The molecule has 1 atom stereocenters. The van der Waals surface area contributed by atoms with Crippen molar-refractivity contribution < 1.29 is 28.6 Å². The fourth-order valence-corrected chi connectivity index (χ4v) is 6.61. The summed E-state index contributed by atoms with van der Waals surface area (Å²) in [6.07, 6.45) is 80.8. The molecule has 0 amide bonds. The maximum absolute atomic E-state index is 12.8. The molecule has 0 heterocycles. The van der Waals surface area contributed by atoms with Crippen LogP contribution in [0.25, 0.3) is 0 Å². The van der Waals surface area contributed by atoms with E-state index in [1.165, 1.54) is 0 Å². The minimum Gasteiger partial charge on any atom is -0.462 e. The number of rotatable bonds is 46. The van der Waals surface area contributed by atoms with Crippen molar-refractivity contribution in [3.8, 4) is 0 Å². The molecule has 0 saturated carbocycles. The lowest BCUT2D eigenvalue weighted by Gasteiger charge is -2.18. The molecule has 384 valence electrons. The van der Waals surface area contributed by atoms with Gasteiger partial charge in [0.2, 0.25) is 0 Å². The largest absolute Gasteiger partial charge is 0.462 e. The quantitative estimate of drug-likeness (QED) is 0.0199. The van der Waals surface area contributed by atoms with Gasteiger partial charge in [0.25, 0.3) is 0 Å². The minimum atomic E-state index is -0.826. The van der Waals surface area contributed by atoms with Crippen LogP contribution in [0.4, 0.5) is 0 Å². The Bertz CT molecular complexity index is 1610. The van der Waals surface area contributed by atoms with Gasteiger partial charge in [-0.15, -0.1) is 0 Å². The number of unbranched alkanes of at least 4 members (excludes halogenated alkanes) is 11. The highest BCUT2D eigenvalue weighted by Gasteiger charge is 2.19. The van der Waals surface area contributed by atoms with Gasteiger partial charge in [-0.25, -0.2) is 0 Å². The van der Waals surface area contributed by atoms with Crippen molar-refractivity contribution in [1.29, 1.82) is 0 Å². The maximum atomic E-state index is 12.8. The molecule has 6 nitrogen and oxygen atoms in total. The minimum absolute atomic E-state index is 0.121. The van der Waals surface area contributed by atoms with Gasteiger partial charge in [0, 0.05) is 19.3 Å². The highest BCUT2D eigenvalue weighted by molar-refractivity contribution is 5.71. The predicted molar refractivity (Wildman–Crippen MR) is 297 cm³/mol. The van der Waals surface area contributed by atoms with Gasteiger partial charge in [-0.3, -0.25) is 14.4 Å². The molecule has 0 fully saturated rings. The fourth-order valence-electron chi connectivity index (χ4n) is 6.61. The monoisotopic (exact) mass is 949 g/mol. The average Bonchev–Trinajstić information content (AvgIpc) is 3.35. The molecule has 0 aromatic carbocycles. The van der Waals surface area contributed by atoms with Crippen LogP contribution in [0.1, 0.15) is 201 Å². The first-order valence-corrected chi connectivity index (χ1v) is 27.0. The Morgan fingerprint density at radius 3 is 0.986 bits per heavy atom. The third-order valence-electron chi connectivity index (χ3n) is 10.6. The third-order valence-corrected chi connectivity index (χ3v) is 10.6. The lowest BCUT2D eigenvalue weighted by Crippen LogP contribution is -2.30. The molecule has 1 unspecified atom stereocenters. The van der Waals surface area contributed by atoms with Gasteiger partial charge in [-0.2, -0.15) is 0 Å². The molecule has 69 heavy (non-hydrogen) atoms. The second-order valence-corrected chi connectivity index (χ2v) is 17.0. The smallest absolute Gasteiger partial charge is 0.306 e. The SMILES string of the molecule is CC/C=C/C=C/C=C/CCCCCCCC(=O)OCC(COC(=O)CCCCC/C=C/C/C=C/C/C=C/C/C=C/C/C=C/CC)OC(=O)CCCCC/C=C/C/C=C/C/C=C/C/C=C/C/C=C/CC. The third kappa shape index (κ3) is 53.8. The van der Waals surface area contributed by atoms with E-state index >= 15 is 0 Å². The van der Waals surface area contributed by atoms with Crippen molar-refractivity contribution in [3.05, 3.63) is 158 Å². The number of carbonyl (C=O) groups excluding carboxylic acids is 3. The zero-order chi connectivity index (χ0) is 50.0. The van der Waals surface area contributed by atoms with Crippen LogP contribution in [0.2, 0.25) is 0 Å². The van der Waals surface area contributed by atoms with Crippen molar-refractivity contribution >= 4 is 17.9 Å². The normalized spacial score (nSPS) is 13.4. The lowest BCUT2D eigenvalue weighted by atomic mass is 10.1. The van der Waals surface area contributed by atoms with Crippen molar-refractivity contribution in [2.75, 3.05) is 13.2 Å². The van der Waals surface area contributed by atoms with E-state index in [0.29, 0.717) is 19.3 Å². The number of ether oxygens (including phenoxy) is 3. The molecule has 0 N–H and O–H groups in total. The second kappa shape index (κ2) is 55.6. The standard InChI is InChI=1S/C63H96O6/c1-4-7-10-13-16-19-22-25-27-29-31-33-35-38-41-44-47-50-53-56-62(65)68-59-60(58-67-61(64)55-52-49-46-43-40-37-24-21-18-15-12-9-6-3)69-63(66)57-54-51-48-45-42-39-36-34-32-30-28-26-23-20-17-14-11-8-5-2/h7-12,15-21,24-28,31-34,38-39,41-42,60H,4-6,13-14,22-23,29-30,35-37,40,43-59H2,1-3H3/b10-7+,11-8+,12-9+,18-15+,19-16+,20-17+,24-21+,27-25+,28-26+,33-31+,34-32+,41-38+,42-39+. The molecule has 0 aromatic rings. The number of allylic oxidation sites excluding steroid dienone is 26. The van der Waals surface area contributed by atoms with E-state index in [1.807, 2.05) is 6.08 Å². The molecule has 0 aliphatic carbocycles. The van der Waals surface area contributed by atoms with E-state index in [2.05, 4.69) is 173 Å². The fraction of sp³-hybridized carbons (Fsp3) is 0.540. The molecular formula is C63H96O6. The summed E-state index contributed by atoms with van der Waals surface area (Å²) in [5, 5.41) is 0. The Morgan fingerprint density at radius 1 is 0.304 bits per heavy atom. The van der Waals surface area contributed by atoms with E-state index in [0.717, 1.165) is 154 Å². The van der Waals surface area contributed by atoms with Crippen LogP contribution >= 0.6 is 0 Å². The van der Waals surface area contributed by atoms with Gasteiger partial charge >= 0.3 is 17.9 Å². The van der Waals surface area contributed by atoms with Crippen LogP contribution in [-0.2, 0) is 28.6 Å². The summed E-state index contributed by atoms with van der Waals surface area (Å²) in [6, 6.07) is 0. The Kier molecular flexibility index (Phi) is 51.6. The second-order valence-electron chi connectivity index (χ2n) is 17.0. The molecule has 0 saturated heterocycles. The van der Waals surface area contributed by atoms with Gasteiger partial charge in [-0.05, 0) is 128 Å². The van der Waals surface area contributed by atoms with Crippen LogP contribution in [0.3, 0.4) is 0 Å². The summed E-state index contributed by atoms with van der Waals surface area (Å²) in [5.41, 5.74) is 0. The van der Waals surface area contributed by atoms with Gasteiger partial charge in [0.1, 0.15) is 13.2 Å². The molecule has 0 radical (unpaired) electrons. The zero-order valence-corrected chi connectivity index (χ0v) is 43.8. The van der Waals surface area contributed by atoms with Gasteiger partial charge in [-0.1, -0.05) is 211 Å². The zero-order valence-electron chi connectivity index (χ0n) is 43.8. The van der Waals surface area contributed by atoms with Crippen molar-refractivity contribution in [3.63, 3.8) is 0 Å². The highest BCUT2D eigenvalue weighted by Crippen LogP contribution is 2.12. The number of esters is 3. The first-order chi connectivity index (χ1) is 34.0. The van der Waals surface area contributed by atoms with Crippen LogP contribution in [0.15, 0.2) is 158 Å². The molecule has 0 aliphatic heterocycles. The molecule has 6 heteroatoms. The lowest BCUT2D eigenvalue weighted by molar-refractivity contribution is -0.167. The predicted octanol–water partition coefficient (Wildman–Crippen LogP) is 18.2. The van der Waals surface area contributed by atoms with Crippen LogP contribution in [0, 0.1) is 0 Å². The number of hydrogen-bond acceptors (Lipinski definition) is 6. The van der Waals surface area contributed by atoms with Crippen LogP contribution < -0.4 is 0 Å². The molecule has 0 aliphatic rings.